The van der Waals surface area contributed by atoms with Crippen molar-refractivity contribution in [3.05, 3.63) is 0 Å². The predicted octanol–water partition coefficient (Wildman–Crippen LogP) is 1.88. The second-order valence-corrected chi connectivity index (χ2v) is 9.45. The molecular weight excluding hydrogens is 306 g/mol. The summed E-state index contributed by atoms with van der Waals surface area (Å²) < 4.78 is 0. The minimum Gasteiger partial charge on any atom is -0.327 e. The Morgan fingerprint density at radius 1 is 0.500 bits per heavy atom. The average Bonchev–Trinajstić information content (AvgIpc) is 2.38. The highest BCUT2D eigenvalue weighted by molar-refractivity contribution is 5.93. The number of hydrogen-bond donors (Lipinski definition) is 0. The summed E-state index contributed by atoms with van der Waals surface area (Å²) in [5.41, 5.74) is -1.48. The number of rotatable bonds is 0. The monoisotopic (exact) mass is 339 g/mol. The Morgan fingerprint density at radius 2 is 0.667 bits per heavy atom. The van der Waals surface area contributed by atoms with Crippen LogP contribution in [0.15, 0.2) is 0 Å². The van der Waals surface area contributed by atoms with Crippen molar-refractivity contribution >= 4 is 17.7 Å². The maximum absolute atomic E-state index is 12.8. The van der Waals surface area contributed by atoms with Crippen LogP contribution in [-0.2, 0) is 14.4 Å². The third-order valence-corrected chi connectivity index (χ3v) is 4.21. The normalized spacial score (nSPS) is 19.4. The second-order valence-electron chi connectivity index (χ2n) is 9.45. The Bertz CT molecular complexity index is 445. The van der Waals surface area contributed by atoms with Gasteiger partial charge in [0.25, 0.3) is 0 Å². The number of carbonyl (C=O) groups excluding carboxylic acids is 3. The summed E-state index contributed by atoms with van der Waals surface area (Å²) in [6.45, 7) is 17.1. The van der Waals surface area contributed by atoms with Gasteiger partial charge in [0.1, 0.15) is 19.6 Å². The van der Waals surface area contributed by atoms with Crippen LogP contribution in [0.4, 0.5) is 0 Å². The first-order valence-corrected chi connectivity index (χ1v) is 8.46. The van der Waals surface area contributed by atoms with Crippen LogP contribution in [0.5, 0.6) is 0 Å². The third kappa shape index (κ3) is 4.71. The quantitative estimate of drug-likeness (QED) is 0.677. The van der Waals surface area contributed by atoms with Gasteiger partial charge in [-0.05, 0) is 62.3 Å². The summed E-state index contributed by atoms with van der Waals surface area (Å²) in [7, 11) is 0. The molecule has 1 fully saturated rings. The SMILES string of the molecule is CC(C)(C)N1CC(=O)N(C(C)(C)C)CC(=O)N(C(C)(C)C)CC1=O. The molecule has 1 aliphatic rings. The zero-order valence-electron chi connectivity index (χ0n) is 16.7. The summed E-state index contributed by atoms with van der Waals surface area (Å²) in [6, 6.07) is 0. The van der Waals surface area contributed by atoms with Gasteiger partial charge >= 0.3 is 0 Å². The highest BCUT2D eigenvalue weighted by Gasteiger charge is 2.40. The molecule has 0 radical (unpaired) electrons. The van der Waals surface area contributed by atoms with Gasteiger partial charge in [0.15, 0.2) is 0 Å². The molecule has 0 unspecified atom stereocenters. The zero-order chi connectivity index (χ0) is 19.1. The number of carbonyl (C=O) groups is 3. The van der Waals surface area contributed by atoms with E-state index in [1.165, 1.54) is 0 Å². The molecule has 0 aromatic carbocycles. The van der Waals surface area contributed by atoms with Gasteiger partial charge in [0.05, 0.1) is 0 Å². The van der Waals surface area contributed by atoms with E-state index in [0.717, 1.165) is 0 Å². The van der Waals surface area contributed by atoms with Gasteiger partial charge in [-0.25, -0.2) is 0 Å². The molecule has 0 saturated carbocycles. The Hall–Kier alpha value is -1.59. The maximum atomic E-state index is 12.8. The summed E-state index contributed by atoms with van der Waals surface area (Å²) in [5, 5.41) is 0. The lowest BCUT2D eigenvalue weighted by molar-refractivity contribution is -0.146. The van der Waals surface area contributed by atoms with Crippen molar-refractivity contribution in [3.63, 3.8) is 0 Å². The molecule has 0 N–H and O–H groups in total. The zero-order valence-corrected chi connectivity index (χ0v) is 16.7. The van der Waals surface area contributed by atoms with Crippen molar-refractivity contribution in [2.24, 2.45) is 0 Å². The summed E-state index contributed by atoms with van der Waals surface area (Å²) in [4.78, 5) is 43.2. The molecule has 0 atom stereocenters. The van der Waals surface area contributed by atoms with Crippen molar-refractivity contribution in [2.45, 2.75) is 78.9 Å². The smallest absolute Gasteiger partial charge is 0.243 e. The molecule has 138 valence electrons. The highest BCUT2D eigenvalue weighted by Crippen LogP contribution is 2.23. The Balaban J connectivity index is 3.39. The van der Waals surface area contributed by atoms with E-state index in [4.69, 9.17) is 0 Å². The fraction of sp³-hybridized carbons (Fsp3) is 0.833. The lowest BCUT2D eigenvalue weighted by Gasteiger charge is -2.39. The third-order valence-electron chi connectivity index (χ3n) is 4.21. The molecule has 6 nitrogen and oxygen atoms in total. The topological polar surface area (TPSA) is 60.9 Å². The van der Waals surface area contributed by atoms with E-state index in [1.54, 1.807) is 14.7 Å². The molecule has 0 bridgehead atoms. The maximum Gasteiger partial charge on any atom is 0.243 e. The molecular formula is C18H33N3O3. The molecule has 0 aromatic rings. The van der Waals surface area contributed by atoms with E-state index in [0.29, 0.717) is 0 Å². The van der Waals surface area contributed by atoms with Crippen molar-refractivity contribution < 1.29 is 14.4 Å². The molecule has 1 saturated heterocycles. The van der Waals surface area contributed by atoms with Crippen LogP contribution in [0.1, 0.15) is 62.3 Å². The van der Waals surface area contributed by atoms with Gasteiger partial charge in [0.2, 0.25) is 17.7 Å². The van der Waals surface area contributed by atoms with Gasteiger partial charge in [-0.2, -0.15) is 0 Å². The van der Waals surface area contributed by atoms with Gasteiger partial charge in [-0.15, -0.1) is 0 Å². The molecule has 24 heavy (non-hydrogen) atoms. The highest BCUT2D eigenvalue weighted by atomic mass is 16.2. The summed E-state index contributed by atoms with van der Waals surface area (Å²) >= 11 is 0. The Kier molecular flexibility index (Phi) is 5.43. The van der Waals surface area contributed by atoms with Crippen molar-refractivity contribution in [3.8, 4) is 0 Å². The molecule has 0 aromatic heterocycles. The van der Waals surface area contributed by atoms with E-state index in [1.807, 2.05) is 62.3 Å². The molecule has 1 heterocycles. The first kappa shape index (κ1) is 20.5. The van der Waals surface area contributed by atoms with Crippen LogP contribution in [0.3, 0.4) is 0 Å². The minimum absolute atomic E-state index is 0.00906. The fourth-order valence-electron chi connectivity index (χ4n) is 2.76. The van der Waals surface area contributed by atoms with Crippen LogP contribution in [0.2, 0.25) is 0 Å². The standard InChI is InChI=1S/C18H33N3O3/c1-16(2,3)19-10-14(23)21(18(7,8)9)12-15(24)20(11-13(19)22)17(4,5)6/h10-12H2,1-9H3. The van der Waals surface area contributed by atoms with Crippen LogP contribution >= 0.6 is 0 Å². The van der Waals surface area contributed by atoms with Crippen LogP contribution in [0.25, 0.3) is 0 Å². The van der Waals surface area contributed by atoms with Crippen molar-refractivity contribution in [1.29, 1.82) is 0 Å². The van der Waals surface area contributed by atoms with Gasteiger partial charge < -0.3 is 14.7 Å². The molecule has 1 aliphatic heterocycles. The lowest BCUT2D eigenvalue weighted by Crippen LogP contribution is -2.55. The van der Waals surface area contributed by atoms with Crippen molar-refractivity contribution in [2.75, 3.05) is 19.6 Å². The minimum atomic E-state index is -0.493. The van der Waals surface area contributed by atoms with E-state index in [-0.39, 0.29) is 37.4 Å². The lowest BCUT2D eigenvalue weighted by atomic mass is 10.0. The summed E-state index contributed by atoms with van der Waals surface area (Å²) in [6.07, 6.45) is 0. The van der Waals surface area contributed by atoms with Crippen molar-refractivity contribution in [1.82, 2.24) is 14.7 Å². The second kappa shape index (κ2) is 6.37. The first-order chi connectivity index (χ1) is 10.5. The fourth-order valence-corrected chi connectivity index (χ4v) is 2.76. The first-order valence-electron chi connectivity index (χ1n) is 8.46. The van der Waals surface area contributed by atoms with E-state index in [9.17, 15) is 14.4 Å². The average molecular weight is 339 g/mol. The van der Waals surface area contributed by atoms with Crippen LogP contribution < -0.4 is 0 Å². The van der Waals surface area contributed by atoms with E-state index in [2.05, 4.69) is 0 Å². The number of nitrogens with zero attached hydrogens (tertiary/aromatic N) is 3. The predicted molar refractivity (Wildman–Crippen MR) is 94.4 cm³/mol. The van der Waals surface area contributed by atoms with Crippen LogP contribution in [-0.4, -0.2) is 68.7 Å². The van der Waals surface area contributed by atoms with Gasteiger partial charge in [-0.3, -0.25) is 14.4 Å². The molecule has 0 aliphatic carbocycles. The van der Waals surface area contributed by atoms with Crippen LogP contribution in [0, 0.1) is 0 Å². The van der Waals surface area contributed by atoms with E-state index >= 15 is 0 Å². The Morgan fingerprint density at radius 3 is 0.792 bits per heavy atom. The largest absolute Gasteiger partial charge is 0.327 e. The molecule has 1 rings (SSSR count). The summed E-state index contributed by atoms with van der Waals surface area (Å²) in [5.74, 6) is -0.598. The van der Waals surface area contributed by atoms with E-state index < -0.39 is 16.6 Å². The Labute approximate surface area is 146 Å². The van der Waals surface area contributed by atoms with Gasteiger partial charge in [-0.1, -0.05) is 0 Å². The number of hydrogen-bond acceptors (Lipinski definition) is 3. The van der Waals surface area contributed by atoms with Gasteiger partial charge in [0, 0.05) is 16.6 Å². The molecule has 6 heteroatoms. The molecule has 3 amide bonds. The number of amides is 3. The molecule has 0 spiro atoms.